The van der Waals surface area contributed by atoms with E-state index in [1.807, 2.05) is 24.3 Å². The fourth-order valence-electron chi connectivity index (χ4n) is 2.71. The van der Waals surface area contributed by atoms with Crippen molar-refractivity contribution in [3.8, 4) is 6.07 Å². The van der Waals surface area contributed by atoms with Gasteiger partial charge in [0.05, 0.1) is 11.6 Å². The molecule has 0 saturated carbocycles. The second kappa shape index (κ2) is 6.56. The van der Waals surface area contributed by atoms with E-state index >= 15 is 0 Å². The van der Waals surface area contributed by atoms with Crippen LogP contribution in [0.15, 0.2) is 36.4 Å². The molecule has 1 N–H and O–H groups in total. The highest BCUT2D eigenvalue weighted by Gasteiger charge is 2.08. The van der Waals surface area contributed by atoms with Crippen molar-refractivity contribution in [3.63, 3.8) is 0 Å². The average molecular weight is 278 g/mol. The molecular formula is C19H22N2. The molecule has 0 bridgehead atoms. The molecule has 2 aromatic carbocycles. The summed E-state index contributed by atoms with van der Waals surface area (Å²) in [7, 11) is 0. The van der Waals surface area contributed by atoms with Crippen LogP contribution in [0.25, 0.3) is 0 Å². The van der Waals surface area contributed by atoms with Crippen molar-refractivity contribution in [2.24, 2.45) is 0 Å². The number of aryl methyl sites for hydroxylation is 3. The van der Waals surface area contributed by atoms with E-state index in [0.717, 1.165) is 6.54 Å². The standard InChI is InChI=1S/C19H22N2/c1-13-9-14(2)19(15(3)10-13)12-21-16(4)18-7-5-17(11-20)6-8-18/h5-10,16,21H,12H2,1-4H3. The third-order valence-electron chi connectivity index (χ3n) is 3.97. The second-order valence-electron chi connectivity index (χ2n) is 5.71. The van der Waals surface area contributed by atoms with Crippen LogP contribution in [0.1, 0.15) is 46.3 Å². The topological polar surface area (TPSA) is 35.8 Å². The predicted octanol–water partition coefficient (Wildman–Crippen LogP) is 4.33. The summed E-state index contributed by atoms with van der Waals surface area (Å²) in [6, 6.07) is 14.7. The van der Waals surface area contributed by atoms with Gasteiger partial charge in [-0.15, -0.1) is 0 Å². The smallest absolute Gasteiger partial charge is 0.0991 e. The van der Waals surface area contributed by atoms with E-state index in [0.29, 0.717) is 5.56 Å². The molecule has 2 nitrogen and oxygen atoms in total. The third-order valence-corrected chi connectivity index (χ3v) is 3.97. The highest BCUT2D eigenvalue weighted by Crippen LogP contribution is 2.19. The van der Waals surface area contributed by atoms with Gasteiger partial charge in [-0.3, -0.25) is 0 Å². The third kappa shape index (κ3) is 3.71. The molecule has 1 atom stereocenters. The number of rotatable bonds is 4. The Labute approximate surface area is 127 Å². The largest absolute Gasteiger partial charge is 0.306 e. The summed E-state index contributed by atoms with van der Waals surface area (Å²) in [6.07, 6.45) is 0. The van der Waals surface area contributed by atoms with E-state index in [1.165, 1.54) is 27.8 Å². The van der Waals surface area contributed by atoms with Crippen LogP contribution in [0.5, 0.6) is 0 Å². The summed E-state index contributed by atoms with van der Waals surface area (Å²) >= 11 is 0. The molecule has 0 fully saturated rings. The predicted molar refractivity (Wildman–Crippen MR) is 87.1 cm³/mol. The van der Waals surface area contributed by atoms with Crippen LogP contribution in [0.4, 0.5) is 0 Å². The molecule has 2 rings (SSSR count). The van der Waals surface area contributed by atoms with Gasteiger partial charge in [-0.05, 0) is 62.1 Å². The lowest BCUT2D eigenvalue weighted by molar-refractivity contribution is 0.572. The van der Waals surface area contributed by atoms with Crippen molar-refractivity contribution < 1.29 is 0 Å². The minimum atomic E-state index is 0.262. The molecule has 2 aromatic rings. The van der Waals surface area contributed by atoms with Crippen molar-refractivity contribution in [1.29, 1.82) is 5.26 Å². The molecule has 0 saturated heterocycles. The van der Waals surface area contributed by atoms with Crippen LogP contribution in [-0.2, 0) is 6.54 Å². The van der Waals surface area contributed by atoms with Gasteiger partial charge in [0.25, 0.3) is 0 Å². The highest BCUT2D eigenvalue weighted by atomic mass is 14.9. The summed E-state index contributed by atoms with van der Waals surface area (Å²) in [5, 5.41) is 12.4. The Bertz CT molecular complexity index is 640. The van der Waals surface area contributed by atoms with Gasteiger partial charge in [-0.2, -0.15) is 5.26 Å². The lowest BCUT2D eigenvalue weighted by Gasteiger charge is -2.17. The van der Waals surface area contributed by atoms with Gasteiger partial charge in [-0.1, -0.05) is 29.8 Å². The molecular weight excluding hydrogens is 256 g/mol. The molecule has 2 heteroatoms. The number of hydrogen-bond donors (Lipinski definition) is 1. The zero-order chi connectivity index (χ0) is 15.4. The number of benzene rings is 2. The molecule has 0 heterocycles. The van der Waals surface area contributed by atoms with E-state index in [2.05, 4.69) is 51.2 Å². The van der Waals surface area contributed by atoms with E-state index in [4.69, 9.17) is 5.26 Å². The highest BCUT2D eigenvalue weighted by molar-refractivity contribution is 5.37. The van der Waals surface area contributed by atoms with Crippen molar-refractivity contribution in [2.45, 2.75) is 40.3 Å². The monoisotopic (exact) mass is 278 g/mol. The van der Waals surface area contributed by atoms with Crippen molar-refractivity contribution in [2.75, 3.05) is 0 Å². The minimum absolute atomic E-state index is 0.262. The fraction of sp³-hybridized carbons (Fsp3) is 0.316. The Morgan fingerprint density at radius 1 is 1.05 bits per heavy atom. The molecule has 1 unspecified atom stereocenters. The Hall–Kier alpha value is -2.11. The summed E-state index contributed by atoms with van der Waals surface area (Å²) in [5.74, 6) is 0. The Kier molecular flexibility index (Phi) is 4.77. The van der Waals surface area contributed by atoms with Gasteiger partial charge in [0.2, 0.25) is 0 Å². The number of nitriles is 1. The summed E-state index contributed by atoms with van der Waals surface area (Å²) in [5.41, 5.74) is 7.28. The molecule has 0 aliphatic rings. The fourth-order valence-corrected chi connectivity index (χ4v) is 2.71. The van der Waals surface area contributed by atoms with Crippen LogP contribution in [-0.4, -0.2) is 0 Å². The van der Waals surface area contributed by atoms with E-state index in [1.54, 1.807) is 0 Å². The minimum Gasteiger partial charge on any atom is -0.306 e. The average Bonchev–Trinajstić information content (AvgIpc) is 2.46. The molecule has 0 radical (unpaired) electrons. The van der Waals surface area contributed by atoms with Crippen LogP contribution in [0.2, 0.25) is 0 Å². The molecule has 0 aromatic heterocycles. The zero-order valence-corrected chi connectivity index (χ0v) is 13.2. The summed E-state index contributed by atoms with van der Waals surface area (Å²) in [4.78, 5) is 0. The van der Waals surface area contributed by atoms with Crippen molar-refractivity contribution >= 4 is 0 Å². The molecule has 21 heavy (non-hydrogen) atoms. The van der Waals surface area contributed by atoms with Crippen LogP contribution >= 0.6 is 0 Å². The first-order valence-corrected chi connectivity index (χ1v) is 7.31. The quantitative estimate of drug-likeness (QED) is 0.903. The SMILES string of the molecule is Cc1cc(C)c(CNC(C)c2ccc(C#N)cc2)c(C)c1. The van der Waals surface area contributed by atoms with Crippen LogP contribution in [0.3, 0.4) is 0 Å². The lowest BCUT2D eigenvalue weighted by atomic mass is 9.99. The maximum Gasteiger partial charge on any atom is 0.0991 e. The van der Waals surface area contributed by atoms with Crippen molar-refractivity contribution in [3.05, 3.63) is 69.8 Å². The first-order chi connectivity index (χ1) is 10.0. The first kappa shape index (κ1) is 15.3. The summed E-state index contributed by atoms with van der Waals surface area (Å²) < 4.78 is 0. The van der Waals surface area contributed by atoms with Gasteiger partial charge < -0.3 is 5.32 Å². The summed E-state index contributed by atoms with van der Waals surface area (Å²) in [6.45, 7) is 9.49. The number of nitrogens with one attached hydrogen (secondary N) is 1. The number of hydrogen-bond acceptors (Lipinski definition) is 2. The van der Waals surface area contributed by atoms with E-state index < -0.39 is 0 Å². The molecule has 0 spiro atoms. The molecule has 0 amide bonds. The zero-order valence-electron chi connectivity index (χ0n) is 13.2. The van der Waals surface area contributed by atoms with Gasteiger partial charge in [-0.25, -0.2) is 0 Å². The van der Waals surface area contributed by atoms with Crippen molar-refractivity contribution in [1.82, 2.24) is 5.32 Å². The van der Waals surface area contributed by atoms with Crippen LogP contribution < -0.4 is 5.32 Å². The Balaban J connectivity index is 2.07. The number of nitrogens with zero attached hydrogens (tertiary/aromatic N) is 1. The first-order valence-electron chi connectivity index (χ1n) is 7.31. The Morgan fingerprint density at radius 2 is 1.62 bits per heavy atom. The second-order valence-corrected chi connectivity index (χ2v) is 5.71. The van der Waals surface area contributed by atoms with E-state index in [-0.39, 0.29) is 6.04 Å². The molecule has 108 valence electrons. The lowest BCUT2D eigenvalue weighted by Crippen LogP contribution is -2.19. The van der Waals surface area contributed by atoms with Gasteiger partial charge in [0.15, 0.2) is 0 Å². The normalized spacial score (nSPS) is 12.0. The molecule has 0 aliphatic heterocycles. The Morgan fingerprint density at radius 3 is 2.14 bits per heavy atom. The van der Waals surface area contributed by atoms with Crippen LogP contribution in [0, 0.1) is 32.1 Å². The van der Waals surface area contributed by atoms with E-state index in [9.17, 15) is 0 Å². The molecule has 0 aliphatic carbocycles. The maximum atomic E-state index is 8.84. The van der Waals surface area contributed by atoms with Gasteiger partial charge in [0, 0.05) is 12.6 Å². The van der Waals surface area contributed by atoms with Gasteiger partial charge >= 0.3 is 0 Å². The maximum absolute atomic E-state index is 8.84. The van der Waals surface area contributed by atoms with Gasteiger partial charge in [0.1, 0.15) is 0 Å².